The molecule has 0 saturated carbocycles. The fraction of sp³-hybridized carbons (Fsp3) is 0.429. The molecule has 0 spiro atoms. The Bertz CT molecular complexity index is 735. The number of hydrogen-bond acceptors (Lipinski definition) is 3. The van der Waals surface area contributed by atoms with E-state index in [0.717, 1.165) is 16.9 Å². The van der Waals surface area contributed by atoms with Gasteiger partial charge in [-0.2, -0.15) is 0 Å². The van der Waals surface area contributed by atoms with Gasteiger partial charge in [0.15, 0.2) is 0 Å². The number of likely N-dealkylation sites (tertiary alicyclic amines) is 1. The number of benzene rings is 1. The maximum absolute atomic E-state index is 12.1. The average molecular weight is 337 g/mol. The maximum Gasteiger partial charge on any atom is 0.226 e. The molecule has 1 aromatic heterocycles. The SMILES string of the molecule is CC(C)C(=O)Nc1cccnc1-c1cccc([C@H](C)N2CCCC2)c1. The van der Waals surface area contributed by atoms with Crippen LogP contribution in [0.2, 0.25) is 0 Å². The zero-order valence-electron chi connectivity index (χ0n) is 15.3. The normalized spacial score (nSPS) is 16.2. The Morgan fingerprint density at radius 2 is 1.88 bits per heavy atom. The van der Waals surface area contributed by atoms with Crippen molar-refractivity contribution in [1.29, 1.82) is 0 Å². The Morgan fingerprint density at radius 3 is 2.60 bits per heavy atom. The van der Waals surface area contributed by atoms with Gasteiger partial charge in [0.05, 0.1) is 11.4 Å². The summed E-state index contributed by atoms with van der Waals surface area (Å²) in [6.07, 6.45) is 4.35. The summed E-state index contributed by atoms with van der Waals surface area (Å²) < 4.78 is 0. The van der Waals surface area contributed by atoms with E-state index in [2.05, 4.69) is 46.4 Å². The molecule has 0 aliphatic carbocycles. The van der Waals surface area contributed by atoms with Crippen molar-refractivity contribution in [3.63, 3.8) is 0 Å². The van der Waals surface area contributed by atoms with E-state index >= 15 is 0 Å². The maximum atomic E-state index is 12.1. The van der Waals surface area contributed by atoms with E-state index in [9.17, 15) is 4.79 Å². The van der Waals surface area contributed by atoms with Gasteiger partial charge in [0.1, 0.15) is 0 Å². The summed E-state index contributed by atoms with van der Waals surface area (Å²) in [6.45, 7) is 8.40. The summed E-state index contributed by atoms with van der Waals surface area (Å²) in [6, 6.07) is 12.7. The lowest BCUT2D eigenvalue weighted by atomic mass is 10.0. The van der Waals surface area contributed by atoms with Gasteiger partial charge in [-0.3, -0.25) is 14.7 Å². The van der Waals surface area contributed by atoms with Gasteiger partial charge in [0.25, 0.3) is 0 Å². The summed E-state index contributed by atoms with van der Waals surface area (Å²) in [7, 11) is 0. The van der Waals surface area contributed by atoms with Crippen molar-refractivity contribution in [2.75, 3.05) is 18.4 Å². The van der Waals surface area contributed by atoms with E-state index in [-0.39, 0.29) is 11.8 Å². The van der Waals surface area contributed by atoms with Crippen LogP contribution in [0.5, 0.6) is 0 Å². The first-order valence-corrected chi connectivity index (χ1v) is 9.16. The van der Waals surface area contributed by atoms with Gasteiger partial charge in [-0.1, -0.05) is 32.0 Å². The molecule has 2 aromatic rings. The molecule has 0 radical (unpaired) electrons. The van der Waals surface area contributed by atoms with Gasteiger partial charge < -0.3 is 5.32 Å². The standard InChI is InChI=1S/C21H27N3O/c1-15(2)21(25)23-19-10-7-11-22-20(19)18-9-6-8-17(14-18)16(3)24-12-4-5-13-24/h6-11,14-16H,4-5,12-13H2,1-3H3,(H,23,25)/t16-/m0/s1. The first-order chi connectivity index (χ1) is 12.1. The minimum atomic E-state index is -0.0606. The average Bonchev–Trinajstić information content (AvgIpc) is 3.16. The number of rotatable bonds is 5. The monoisotopic (exact) mass is 337 g/mol. The molecule has 25 heavy (non-hydrogen) atoms. The Morgan fingerprint density at radius 1 is 1.12 bits per heavy atom. The molecule has 2 heterocycles. The van der Waals surface area contributed by atoms with Crippen LogP contribution in [0.1, 0.15) is 45.2 Å². The van der Waals surface area contributed by atoms with E-state index in [1.807, 2.05) is 26.0 Å². The molecule has 4 heteroatoms. The Labute approximate surface area is 150 Å². The third kappa shape index (κ3) is 4.07. The molecule has 1 saturated heterocycles. The van der Waals surface area contributed by atoms with Crippen LogP contribution in [0, 0.1) is 5.92 Å². The fourth-order valence-electron chi connectivity index (χ4n) is 3.30. The first kappa shape index (κ1) is 17.6. The molecule has 1 aliphatic heterocycles. The van der Waals surface area contributed by atoms with E-state index in [0.29, 0.717) is 6.04 Å². The number of nitrogens with zero attached hydrogens (tertiary/aromatic N) is 2. The number of nitrogens with one attached hydrogen (secondary N) is 1. The van der Waals surface area contributed by atoms with Crippen LogP contribution in [0.3, 0.4) is 0 Å². The molecular formula is C21H27N3O. The van der Waals surface area contributed by atoms with E-state index in [1.165, 1.54) is 31.5 Å². The summed E-state index contributed by atoms with van der Waals surface area (Å²) in [5.41, 5.74) is 3.94. The number of carbonyl (C=O) groups is 1. The molecule has 132 valence electrons. The van der Waals surface area contributed by atoms with Crippen LogP contribution in [-0.4, -0.2) is 28.9 Å². The van der Waals surface area contributed by atoms with Crippen molar-refractivity contribution in [2.45, 2.75) is 39.7 Å². The minimum absolute atomic E-state index is 0.0100. The van der Waals surface area contributed by atoms with Gasteiger partial charge in [0, 0.05) is 23.7 Å². The Kier molecular flexibility index (Phi) is 5.49. The summed E-state index contributed by atoms with van der Waals surface area (Å²) >= 11 is 0. The molecule has 0 bridgehead atoms. The Balaban J connectivity index is 1.89. The predicted octanol–water partition coefficient (Wildman–Crippen LogP) is 4.50. The molecule has 1 aromatic carbocycles. The third-order valence-corrected chi connectivity index (χ3v) is 4.92. The van der Waals surface area contributed by atoms with Crippen molar-refractivity contribution in [3.8, 4) is 11.3 Å². The number of amides is 1. The number of hydrogen-bond donors (Lipinski definition) is 1. The highest BCUT2D eigenvalue weighted by Crippen LogP contribution is 2.30. The molecule has 1 aliphatic rings. The molecule has 4 nitrogen and oxygen atoms in total. The lowest BCUT2D eigenvalue weighted by molar-refractivity contribution is -0.118. The number of anilines is 1. The van der Waals surface area contributed by atoms with Gasteiger partial charge in [0.2, 0.25) is 5.91 Å². The van der Waals surface area contributed by atoms with Crippen LogP contribution >= 0.6 is 0 Å². The van der Waals surface area contributed by atoms with Crippen molar-refractivity contribution < 1.29 is 4.79 Å². The smallest absolute Gasteiger partial charge is 0.226 e. The van der Waals surface area contributed by atoms with Crippen LogP contribution < -0.4 is 5.32 Å². The van der Waals surface area contributed by atoms with E-state index in [1.54, 1.807) is 6.20 Å². The van der Waals surface area contributed by atoms with Crippen molar-refractivity contribution in [1.82, 2.24) is 9.88 Å². The van der Waals surface area contributed by atoms with Crippen molar-refractivity contribution in [3.05, 3.63) is 48.2 Å². The highest BCUT2D eigenvalue weighted by atomic mass is 16.1. The molecule has 1 amide bonds. The molecular weight excluding hydrogens is 310 g/mol. The number of carbonyl (C=O) groups excluding carboxylic acids is 1. The minimum Gasteiger partial charge on any atom is -0.324 e. The summed E-state index contributed by atoms with van der Waals surface area (Å²) in [4.78, 5) is 19.2. The van der Waals surface area contributed by atoms with Gasteiger partial charge in [-0.25, -0.2) is 0 Å². The third-order valence-electron chi connectivity index (χ3n) is 4.92. The predicted molar refractivity (Wildman–Crippen MR) is 102 cm³/mol. The largest absolute Gasteiger partial charge is 0.324 e. The van der Waals surface area contributed by atoms with Crippen molar-refractivity contribution >= 4 is 11.6 Å². The zero-order chi connectivity index (χ0) is 17.8. The first-order valence-electron chi connectivity index (χ1n) is 9.16. The molecule has 0 unspecified atom stereocenters. The highest BCUT2D eigenvalue weighted by molar-refractivity contribution is 5.95. The number of pyridine rings is 1. The van der Waals surface area contributed by atoms with Crippen LogP contribution in [0.15, 0.2) is 42.6 Å². The second-order valence-corrected chi connectivity index (χ2v) is 7.09. The van der Waals surface area contributed by atoms with Gasteiger partial charge in [-0.05, 0) is 56.6 Å². The molecule has 1 N–H and O–H groups in total. The van der Waals surface area contributed by atoms with Crippen molar-refractivity contribution in [2.24, 2.45) is 5.92 Å². The number of aromatic nitrogens is 1. The van der Waals surface area contributed by atoms with Gasteiger partial charge >= 0.3 is 0 Å². The fourth-order valence-corrected chi connectivity index (χ4v) is 3.30. The van der Waals surface area contributed by atoms with E-state index in [4.69, 9.17) is 0 Å². The van der Waals surface area contributed by atoms with Crippen LogP contribution in [0.4, 0.5) is 5.69 Å². The molecule has 1 atom stereocenters. The van der Waals surface area contributed by atoms with E-state index < -0.39 is 0 Å². The molecule has 1 fully saturated rings. The molecule has 3 rings (SSSR count). The summed E-state index contributed by atoms with van der Waals surface area (Å²) in [5.74, 6) is -0.0505. The second kappa shape index (κ2) is 7.79. The lowest BCUT2D eigenvalue weighted by Crippen LogP contribution is -2.23. The zero-order valence-corrected chi connectivity index (χ0v) is 15.3. The van der Waals surface area contributed by atoms with Gasteiger partial charge in [-0.15, -0.1) is 0 Å². The lowest BCUT2D eigenvalue weighted by Gasteiger charge is -2.24. The second-order valence-electron chi connectivity index (χ2n) is 7.09. The van der Waals surface area contributed by atoms with Crippen LogP contribution in [0.25, 0.3) is 11.3 Å². The van der Waals surface area contributed by atoms with Crippen LogP contribution in [-0.2, 0) is 4.79 Å². The quantitative estimate of drug-likeness (QED) is 0.874. The summed E-state index contributed by atoms with van der Waals surface area (Å²) in [5, 5.41) is 3.00. The Hall–Kier alpha value is -2.20. The highest BCUT2D eigenvalue weighted by Gasteiger charge is 2.20. The topological polar surface area (TPSA) is 45.2 Å².